The Bertz CT molecular complexity index is 1040. The third-order valence-corrected chi connectivity index (χ3v) is 6.73. The second-order valence-electron chi connectivity index (χ2n) is 5.92. The molecular weight excluding hydrogens is 411 g/mol. The summed E-state index contributed by atoms with van der Waals surface area (Å²) in [5.74, 6) is 0.701. The van der Waals surface area contributed by atoms with Gasteiger partial charge < -0.3 is 11.5 Å². The van der Waals surface area contributed by atoms with Crippen LogP contribution < -0.4 is 11.5 Å². The summed E-state index contributed by atoms with van der Waals surface area (Å²) in [7, 11) is 0. The van der Waals surface area contributed by atoms with Crippen molar-refractivity contribution >= 4 is 56.4 Å². The van der Waals surface area contributed by atoms with Crippen LogP contribution in [0.3, 0.4) is 0 Å². The molecule has 0 heterocycles. The smallest absolute Gasteiger partial charge is 0.151 e. The highest BCUT2D eigenvalue weighted by atomic mass is 32.2. The zero-order valence-electron chi connectivity index (χ0n) is 14.9. The fraction of sp³-hybridized carbons (Fsp3) is 0.100. The normalized spacial score (nSPS) is 10.9. The molecule has 0 atom stereocenters. The van der Waals surface area contributed by atoms with Crippen molar-refractivity contribution in [1.29, 1.82) is 10.8 Å². The number of benzene rings is 3. The maximum Gasteiger partial charge on any atom is 0.151 e. The lowest BCUT2D eigenvalue weighted by molar-refractivity contribution is 0.625. The number of amidine groups is 2. The molecular formula is C20H19FN4S3. The van der Waals surface area contributed by atoms with Gasteiger partial charge in [0.25, 0.3) is 0 Å². The minimum atomic E-state index is -0.311. The predicted molar refractivity (Wildman–Crippen MR) is 121 cm³/mol. The molecule has 0 saturated carbocycles. The number of fused-ring (bicyclic) bond motifs is 1. The van der Waals surface area contributed by atoms with E-state index in [-0.39, 0.29) is 16.2 Å². The number of halogens is 1. The van der Waals surface area contributed by atoms with Crippen LogP contribution in [-0.4, -0.2) is 10.3 Å². The average molecular weight is 431 g/mol. The second-order valence-corrected chi connectivity index (χ2v) is 9.04. The maximum absolute atomic E-state index is 13.8. The van der Waals surface area contributed by atoms with Crippen molar-refractivity contribution < 1.29 is 4.39 Å². The molecule has 144 valence electrons. The molecule has 3 aromatic carbocycles. The molecule has 8 heteroatoms. The number of hydrogen-bond donors (Lipinski definition) is 4. The van der Waals surface area contributed by atoms with Gasteiger partial charge in [0.05, 0.1) is 0 Å². The fourth-order valence-corrected chi connectivity index (χ4v) is 5.16. The second kappa shape index (κ2) is 9.36. The van der Waals surface area contributed by atoms with Crippen molar-refractivity contribution in [1.82, 2.24) is 0 Å². The molecule has 28 heavy (non-hydrogen) atoms. The first-order chi connectivity index (χ1) is 13.4. The maximum atomic E-state index is 13.8. The zero-order chi connectivity index (χ0) is 20.1. The molecule has 0 aliphatic heterocycles. The first kappa shape index (κ1) is 20.6. The average Bonchev–Trinajstić information content (AvgIpc) is 2.66. The topological polar surface area (TPSA) is 99.7 Å². The van der Waals surface area contributed by atoms with E-state index < -0.39 is 0 Å². The third-order valence-electron chi connectivity index (χ3n) is 4.00. The summed E-state index contributed by atoms with van der Waals surface area (Å²) in [5.41, 5.74) is 12.9. The minimum absolute atomic E-state index is 0.00413. The summed E-state index contributed by atoms with van der Waals surface area (Å²) in [6.07, 6.45) is 0. The van der Waals surface area contributed by atoms with E-state index >= 15 is 0 Å². The molecule has 0 fully saturated rings. The molecule has 0 amide bonds. The van der Waals surface area contributed by atoms with Crippen LogP contribution in [0, 0.1) is 16.6 Å². The van der Waals surface area contributed by atoms with Gasteiger partial charge in [-0.1, -0.05) is 65.6 Å². The Balaban J connectivity index is 2.01. The monoisotopic (exact) mass is 430 g/mol. The van der Waals surface area contributed by atoms with Crippen LogP contribution in [0.1, 0.15) is 11.1 Å². The van der Waals surface area contributed by atoms with E-state index in [0.717, 1.165) is 31.7 Å². The largest absolute Gasteiger partial charge is 0.379 e. The quantitative estimate of drug-likeness (QED) is 0.311. The van der Waals surface area contributed by atoms with Gasteiger partial charge in [-0.2, -0.15) is 0 Å². The molecule has 3 rings (SSSR count). The minimum Gasteiger partial charge on any atom is -0.379 e. The van der Waals surface area contributed by atoms with Crippen LogP contribution in [0.25, 0.3) is 10.8 Å². The van der Waals surface area contributed by atoms with Crippen molar-refractivity contribution in [3.05, 3.63) is 71.5 Å². The van der Waals surface area contributed by atoms with E-state index in [1.165, 1.54) is 35.7 Å². The SMILES string of the molecule is N=C(N)SCc1cc(F)ccc1Sc1ccc2ccccc2c1CSC(=N)N. The lowest BCUT2D eigenvalue weighted by Crippen LogP contribution is -2.05. The summed E-state index contributed by atoms with van der Waals surface area (Å²) < 4.78 is 13.8. The van der Waals surface area contributed by atoms with Gasteiger partial charge in [-0.15, -0.1) is 0 Å². The lowest BCUT2D eigenvalue weighted by atomic mass is 10.1. The fourth-order valence-electron chi connectivity index (χ4n) is 2.74. The molecule has 0 unspecified atom stereocenters. The van der Waals surface area contributed by atoms with Gasteiger partial charge >= 0.3 is 0 Å². The van der Waals surface area contributed by atoms with Gasteiger partial charge in [0, 0.05) is 21.3 Å². The molecule has 0 radical (unpaired) electrons. The predicted octanol–water partition coefficient (Wildman–Crippen LogP) is 5.38. The molecule has 0 aromatic heterocycles. The van der Waals surface area contributed by atoms with Crippen LogP contribution in [0.2, 0.25) is 0 Å². The van der Waals surface area contributed by atoms with E-state index in [9.17, 15) is 4.39 Å². The molecule has 0 aliphatic rings. The Labute approximate surface area is 175 Å². The summed E-state index contributed by atoms with van der Waals surface area (Å²) in [4.78, 5) is 1.95. The first-order valence-electron chi connectivity index (χ1n) is 8.34. The number of nitrogens with one attached hydrogen (secondary N) is 2. The molecule has 0 aliphatic carbocycles. The number of nitrogens with two attached hydrogens (primary N) is 2. The van der Waals surface area contributed by atoms with Crippen molar-refractivity contribution in [3.8, 4) is 0 Å². The summed E-state index contributed by atoms with van der Waals surface area (Å²) in [5, 5.41) is 17.3. The van der Waals surface area contributed by atoms with Crippen LogP contribution in [0.5, 0.6) is 0 Å². The molecule has 4 nitrogen and oxygen atoms in total. The summed E-state index contributed by atoms with van der Waals surface area (Å²) in [6, 6.07) is 16.9. The van der Waals surface area contributed by atoms with E-state index in [0.29, 0.717) is 11.5 Å². The Hall–Kier alpha value is -2.16. The van der Waals surface area contributed by atoms with Gasteiger partial charge in [-0.3, -0.25) is 10.8 Å². The zero-order valence-corrected chi connectivity index (χ0v) is 17.3. The van der Waals surface area contributed by atoms with Gasteiger partial charge in [-0.05, 0) is 46.2 Å². The van der Waals surface area contributed by atoms with Crippen LogP contribution in [0.4, 0.5) is 4.39 Å². The Morgan fingerprint density at radius 2 is 1.54 bits per heavy atom. The van der Waals surface area contributed by atoms with Crippen molar-refractivity contribution in [2.75, 3.05) is 0 Å². The van der Waals surface area contributed by atoms with Gasteiger partial charge in [0.2, 0.25) is 0 Å². The van der Waals surface area contributed by atoms with E-state index in [1.54, 1.807) is 17.8 Å². The summed E-state index contributed by atoms with van der Waals surface area (Å²) >= 11 is 4.01. The lowest BCUT2D eigenvalue weighted by Gasteiger charge is -2.15. The Morgan fingerprint density at radius 1 is 0.857 bits per heavy atom. The van der Waals surface area contributed by atoms with E-state index in [1.807, 2.05) is 18.2 Å². The van der Waals surface area contributed by atoms with Crippen LogP contribution >= 0.6 is 35.3 Å². The highest BCUT2D eigenvalue weighted by Crippen LogP contribution is 2.38. The molecule has 0 saturated heterocycles. The third kappa shape index (κ3) is 5.21. The first-order valence-corrected chi connectivity index (χ1v) is 11.1. The number of thioether (sulfide) groups is 2. The van der Waals surface area contributed by atoms with Gasteiger partial charge in [0.15, 0.2) is 10.3 Å². The Morgan fingerprint density at radius 3 is 2.29 bits per heavy atom. The van der Waals surface area contributed by atoms with Crippen molar-refractivity contribution in [2.24, 2.45) is 11.5 Å². The highest BCUT2D eigenvalue weighted by Gasteiger charge is 2.13. The van der Waals surface area contributed by atoms with E-state index in [4.69, 9.17) is 22.3 Å². The van der Waals surface area contributed by atoms with Crippen molar-refractivity contribution in [2.45, 2.75) is 21.3 Å². The standard InChI is InChI=1S/C20H19FN4S3/c21-14-6-8-17(13(9-14)10-26-19(22)23)28-18-7-5-12-3-1-2-4-15(12)16(18)11-27-20(24)25/h1-9H,10-11H2,(H3,22,23)(H3,24,25). The number of rotatable bonds is 6. The Kier molecular flexibility index (Phi) is 6.88. The van der Waals surface area contributed by atoms with Crippen molar-refractivity contribution in [3.63, 3.8) is 0 Å². The van der Waals surface area contributed by atoms with E-state index in [2.05, 4.69) is 18.2 Å². The van der Waals surface area contributed by atoms with Gasteiger partial charge in [-0.25, -0.2) is 4.39 Å². The van der Waals surface area contributed by atoms with Gasteiger partial charge in [0.1, 0.15) is 5.82 Å². The summed E-state index contributed by atoms with van der Waals surface area (Å²) in [6.45, 7) is 0. The molecule has 0 spiro atoms. The number of hydrogen-bond acceptors (Lipinski definition) is 5. The molecule has 0 bridgehead atoms. The van der Waals surface area contributed by atoms with Crippen LogP contribution in [0.15, 0.2) is 64.4 Å². The molecule has 3 aromatic rings. The molecule has 6 N–H and O–H groups in total. The highest BCUT2D eigenvalue weighted by molar-refractivity contribution is 8.13. The van der Waals surface area contributed by atoms with Crippen LogP contribution in [-0.2, 0) is 11.5 Å².